The van der Waals surface area contributed by atoms with E-state index < -0.39 is 0 Å². The number of nitrogens with two attached hydrogens (primary N) is 1. The van der Waals surface area contributed by atoms with Gasteiger partial charge in [0.15, 0.2) is 0 Å². The molecule has 0 aliphatic carbocycles. The number of carbonyl (C=O) groups excluding carboxylic acids is 1. The molecule has 1 fully saturated rings. The van der Waals surface area contributed by atoms with Crippen LogP contribution in [0.4, 0.5) is 11.5 Å². The van der Waals surface area contributed by atoms with Crippen molar-refractivity contribution in [3.8, 4) is 0 Å². The van der Waals surface area contributed by atoms with E-state index in [1.807, 2.05) is 60.7 Å². The van der Waals surface area contributed by atoms with Gasteiger partial charge in [-0.05, 0) is 30.5 Å². The summed E-state index contributed by atoms with van der Waals surface area (Å²) in [6.45, 7) is 7.55. The third-order valence-electron chi connectivity index (χ3n) is 7.34. The Hall–Kier alpha value is -3.46. The highest BCUT2D eigenvalue weighted by atomic mass is 32.1. The average Bonchev–Trinajstić information content (AvgIpc) is 3.28. The molecule has 0 unspecified atom stereocenters. The number of anilines is 2. The number of hydrogen-bond acceptors (Lipinski definition) is 7. The molecule has 0 spiro atoms. The standard InChI is InChI=1S/C30H32N4O3S/c1-30(2)17-21-22(18-37-30)27(34-13-15-36-16-14-34)33-29-23(21)24(31)26(38-29)28(35)32-25(19-9-5-3-6-10-19)20-11-7-4-8-12-20/h3-12,25H,13-18,31H2,1-2H3,(H,32,35). The first kappa shape index (κ1) is 24.9. The first-order valence-corrected chi connectivity index (χ1v) is 13.8. The lowest BCUT2D eigenvalue weighted by Crippen LogP contribution is -2.39. The van der Waals surface area contributed by atoms with Crippen LogP contribution in [-0.2, 0) is 22.5 Å². The maximum absolute atomic E-state index is 13.8. The van der Waals surface area contributed by atoms with E-state index in [9.17, 15) is 4.79 Å². The lowest BCUT2D eigenvalue weighted by atomic mass is 9.89. The molecule has 6 rings (SSSR count). The van der Waals surface area contributed by atoms with Crippen LogP contribution in [-0.4, -0.2) is 42.8 Å². The summed E-state index contributed by atoms with van der Waals surface area (Å²) in [5.74, 6) is 0.724. The Morgan fingerprint density at radius 1 is 1.03 bits per heavy atom. The van der Waals surface area contributed by atoms with Gasteiger partial charge in [0.2, 0.25) is 0 Å². The van der Waals surface area contributed by atoms with Crippen molar-refractivity contribution in [2.45, 2.75) is 38.5 Å². The van der Waals surface area contributed by atoms with Crippen LogP contribution in [0.25, 0.3) is 10.2 Å². The molecule has 38 heavy (non-hydrogen) atoms. The number of rotatable bonds is 5. The molecule has 2 aromatic heterocycles. The Balaban J connectivity index is 1.43. The van der Waals surface area contributed by atoms with E-state index in [0.29, 0.717) is 36.8 Å². The highest BCUT2D eigenvalue weighted by molar-refractivity contribution is 7.21. The van der Waals surface area contributed by atoms with E-state index in [2.05, 4.69) is 24.1 Å². The predicted octanol–water partition coefficient (Wildman–Crippen LogP) is 5.09. The number of nitrogens with one attached hydrogen (secondary N) is 1. The summed E-state index contributed by atoms with van der Waals surface area (Å²) >= 11 is 1.37. The molecular formula is C30H32N4O3S. The average molecular weight is 529 g/mol. The Labute approximate surface area is 226 Å². The van der Waals surface area contributed by atoms with Crippen molar-refractivity contribution in [3.63, 3.8) is 0 Å². The highest BCUT2D eigenvalue weighted by Gasteiger charge is 2.34. The summed E-state index contributed by atoms with van der Waals surface area (Å²) in [4.78, 5) is 22.4. The SMILES string of the molecule is CC1(C)Cc2c(c(N3CCOCC3)nc3sc(C(=O)NC(c4ccccc4)c4ccccc4)c(N)c23)CO1. The number of morpholine rings is 1. The molecule has 0 atom stereocenters. The van der Waals surface area contributed by atoms with Gasteiger partial charge in [-0.3, -0.25) is 4.79 Å². The Kier molecular flexibility index (Phi) is 6.55. The summed E-state index contributed by atoms with van der Waals surface area (Å²) in [6, 6.07) is 19.7. The number of benzene rings is 2. The Bertz CT molecular complexity index is 1420. The minimum atomic E-state index is -0.327. The summed E-state index contributed by atoms with van der Waals surface area (Å²) in [5.41, 5.74) is 11.2. The van der Waals surface area contributed by atoms with Crippen molar-refractivity contribution in [3.05, 3.63) is 87.8 Å². The smallest absolute Gasteiger partial charge is 0.264 e. The van der Waals surface area contributed by atoms with Crippen LogP contribution in [0.2, 0.25) is 0 Å². The van der Waals surface area contributed by atoms with E-state index >= 15 is 0 Å². The van der Waals surface area contributed by atoms with Gasteiger partial charge >= 0.3 is 0 Å². The molecule has 1 amide bonds. The fourth-order valence-corrected chi connectivity index (χ4v) is 6.42. The number of ether oxygens (including phenoxy) is 2. The van der Waals surface area contributed by atoms with Gasteiger partial charge in [-0.25, -0.2) is 4.98 Å². The molecule has 3 N–H and O–H groups in total. The summed E-state index contributed by atoms with van der Waals surface area (Å²) in [6.07, 6.45) is 0.706. The Morgan fingerprint density at radius 3 is 2.29 bits per heavy atom. The summed E-state index contributed by atoms with van der Waals surface area (Å²) in [5, 5.41) is 4.14. The molecule has 4 heterocycles. The minimum Gasteiger partial charge on any atom is -0.397 e. The first-order valence-electron chi connectivity index (χ1n) is 13.0. The second-order valence-electron chi connectivity index (χ2n) is 10.5. The van der Waals surface area contributed by atoms with Gasteiger partial charge in [0.05, 0.1) is 37.2 Å². The maximum Gasteiger partial charge on any atom is 0.264 e. The third-order valence-corrected chi connectivity index (χ3v) is 8.44. The van der Waals surface area contributed by atoms with Crippen molar-refractivity contribution in [1.29, 1.82) is 0 Å². The second kappa shape index (κ2) is 10.0. The molecule has 196 valence electrons. The number of hydrogen-bond donors (Lipinski definition) is 2. The van der Waals surface area contributed by atoms with Crippen LogP contribution in [0.3, 0.4) is 0 Å². The monoisotopic (exact) mass is 528 g/mol. The van der Waals surface area contributed by atoms with Gasteiger partial charge in [-0.1, -0.05) is 60.7 Å². The molecule has 1 saturated heterocycles. The molecule has 4 aromatic rings. The fraction of sp³-hybridized carbons (Fsp3) is 0.333. The molecule has 2 aromatic carbocycles. The van der Waals surface area contributed by atoms with Crippen molar-refractivity contribution in [2.75, 3.05) is 36.9 Å². The molecular weight excluding hydrogens is 496 g/mol. The lowest BCUT2D eigenvalue weighted by Gasteiger charge is -2.36. The van der Waals surface area contributed by atoms with Gasteiger partial charge in [0.1, 0.15) is 15.5 Å². The number of nitrogen functional groups attached to an aromatic ring is 1. The van der Waals surface area contributed by atoms with Gasteiger partial charge in [0.25, 0.3) is 5.91 Å². The van der Waals surface area contributed by atoms with E-state index in [0.717, 1.165) is 51.4 Å². The number of amides is 1. The topological polar surface area (TPSA) is 89.7 Å². The van der Waals surface area contributed by atoms with E-state index in [4.69, 9.17) is 20.2 Å². The normalized spacial score (nSPS) is 17.0. The largest absolute Gasteiger partial charge is 0.397 e. The van der Waals surface area contributed by atoms with Crippen LogP contribution < -0.4 is 16.0 Å². The molecule has 0 saturated carbocycles. The molecule has 0 radical (unpaired) electrons. The highest BCUT2D eigenvalue weighted by Crippen LogP contribution is 2.44. The number of fused-ring (bicyclic) bond motifs is 3. The van der Waals surface area contributed by atoms with E-state index in [-0.39, 0.29) is 17.6 Å². The second-order valence-corrected chi connectivity index (χ2v) is 11.5. The van der Waals surface area contributed by atoms with Crippen LogP contribution in [0.1, 0.15) is 51.8 Å². The quantitative estimate of drug-likeness (QED) is 0.375. The number of carbonyl (C=O) groups is 1. The maximum atomic E-state index is 13.8. The van der Waals surface area contributed by atoms with Crippen molar-refractivity contribution in [2.24, 2.45) is 0 Å². The van der Waals surface area contributed by atoms with Crippen LogP contribution in [0, 0.1) is 0 Å². The zero-order chi connectivity index (χ0) is 26.3. The van der Waals surface area contributed by atoms with Gasteiger partial charge < -0.3 is 25.4 Å². The number of nitrogens with zero attached hydrogens (tertiary/aromatic N) is 2. The fourth-order valence-electron chi connectivity index (χ4n) is 5.39. The van der Waals surface area contributed by atoms with Crippen molar-refractivity contribution >= 4 is 39.0 Å². The minimum absolute atomic E-state index is 0.198. The third kappa shape index (κ3) is 4.64. The lowest BCUT2D eigenvalue weighted by molar-refractivity contribution is -0.0396. The molecule has 2 aliphatic heterocycles. The van der Waals surface area contributed by atoms with Gasteiger partial charge in [-0.2, -0.15) is 0 Å². The van der Waals surface area contributed by atoms with Crippen molar-refractivity contribution < 1.29 is 14.3 Å². The molecule has 8 heteroatoms. The molecule has 2 aliphatic rings. The van der Waals surface area contributed by atoms with Gasteiger partial charge in [-0.15, -0.1) is 11.3 Å². The Morgan fingerprint density at radius 2 is 1.66 bits per heavy atom. The van der Waals surface area contributed by atoms with E-state index in [1.165, 1.54) is 11.3 Å². The summed E-state index contributed by atoms with van der Waals surface area (Å²) < 4.78 is 11.8. The summed E-state index contributed by atoms with van der Waals surface area (Å²) in [7, 11) is 0. The number of aromatic nitrogens is 1. The zero-order valence-electron chi connectivity index (χ0n) is 21.7. The molecule has 7 nitrogen and oxygen atoms in total. The van der Waals surface area contributed by atoms with Crippen LogP contribution >= 0.6 is 11.3 Å². The number of pyridine rings is 1. The van der Waals surface area contributed by atoms with Crippen LogP contribution in [0.5, 0.6) is 0 Å². The number of thiophene rings is 1. The first-order chi connectivity index (χ1) is 18.4. The van der Waals surface area contributed by atoms with E-state index in [1.54, 1.807) is 0 Å². The zero-order valence-corrected chi connectivity index (χ0v) is 22.5. The van der Waals surface area contributed by atoms with Crippen LogP contribution in [0.15, 0.2) is 60.7 Å². The molecule has 0 bridgehead atoms. The van der Waals surface area contributed by atoms with Gasteiger partial charge in [0, 0.05) is 30.5 Å². The predicted molar refractivity (Wildman–Crippen MR) is 152 cm³/mol. The van der Waals surface area contributed by atoms with Crippen molar-refractivity contribution in [1.82, 2.24) is 10.3 Å².